The maximum absolute atomic E-state index is 13.3. The van der Waals surface area contributed by atoms with E-state index in [1.165, 1.54) is 5.56 Å². The lowest BCUT2D eigenvalue weighted by Gasteiger charge is -2.29. The van der Waals surface area contributed by atoms with E-state index in [0.717, 1.165) is 50.3 Å². The van der Waals surface area contributed by atoms with Crippen molar-refractivity contribution in [2.45, 2.75) is 45.8 Å². The smallest absolute Gasteiger partial charge is 0.490 e. The van der Waals surface area contributed by atoms with Crippen LogP contribution in [0, 0.1) is 6.92 Å². The Morgan fingerprint density at radius 3 is 2.15 bits per heavy atom. The van der Waals surface area contributed by atoms with Crippen LogP contribution in [0.1, 0.15) is 47.7 Å². The molecule has 2 aromatic carbocycles. The minimum absolute atomic E-state index is 0.0706. The molecule has 2 amide bonds. The number of nitrogens with zero attached hydrogens (tertiary/aromatic N) is 2. The summed E-state index contributed by atoms with van der Waals surface area (Å²) in [4.78, 5) is 38.6. The topological polar surface area (TPSA) is 99.2 Å². The van der Waals surface area contributed by atoms with Crippen molar-refractivity contribution in [3.8, 4) is 5.75 Å². The quantitative estimate of drug-likeness (QED) is 0.428. The first-order valence-electron chi connectivity index (χ1n) is 12.9. The molecule has 0 bridgehead atoms. The van der Waals surface area contributed by atoms with Gasteiger partial charge in [0.2, 0.25) is 5.91 Å². The van der Waals surface area contributed by atoms with Gasteiger partial charge in [-0.2, -0.15) is 13.2 Å². The lowest BCUT2D eigenvalue weighted by molar-refractivity contribution is -0.192. The van der Waals surface area contributed by atoms with Gasteiger partial charge in [0.05, 0.1) is 6.61 Å². The molecule has 0 saturated carbocycles. The maximum Gasteiger partial charge on any atom is 0.490 e. The predicted octanol–water partition coefficient (Wildman–Crippen LogP) is 4.27. The van der Waals surface area contributed by atoms with E-state index in [2.05, 4.69) is 12.2 Å². The van der Waals surface area contributed by atoms with E-state index in [9.17, 15) is 22.8 Å². The molecule has 1 fully saturated rings. The van der Waals surface area contributed by atoms with E-state index in [1.807, 2.05) is 60.4 Å². The average molecular weight is 552 g/mol. The van der Waals surface area contributed by atoms with Crippen LogP contribution in [-0.4, -0.2) is 78.2 Å². The summed E-state index contributed by atoms with van der Waals surface area (Å²) in [6, 6.07) is 15.5. The summed E-state index contributed by atoms with van der Waals surface area (Å²) in [7, 11) is 0. The van der Waals surface area contributed by atoms with E-state index in [4.69, 9.17) is 14.6 Å². The highest BCUT2D eigenvalue weighted by Crippen LogP contribution is 2.17. The zero-order valence-electron chi connectivity index (χ0n) is 22.3. The Bertz CT molecular complexity index is 1050. The number of carboxylic acid groups (broad SMARTS) is 1. The number of hydrogen-bond donors (Lipinski definition) is 2. The molecule has 0 unspecified atom stereocenters. The number of unbranched alkanes of at least 4 members (excludes halogenated alkanes) is 1. The number of hydrogen-bond acceptors (Lipinski definition) is 5. The second-order valence-electron chi connectivity index (χ2n) is 9.12. The van der Waals surface area contributed by atoms with Crippen molar-refractivity contribution in [3.63, 3.8) is 0 Å². The predicted molar refractivity (Wildman–Crippen MR) is 141 cm³/mol. The van der Waals surface area contributed by atoms with Crippen LogP contribution in [0.5, 0.6) is 5.75 Å². The number of halogens is 3. The Kier molecular flexibility index (Phi) is 12.7. The summed E-state index contributed by atoms with van der Waals surface area (Å²) in [6.07, 6.45) is -2.67. The molecule has 0 radical (unpaired) electrons. The van der Waals surface area contributed by atoms with Gasteiger partial charge in [-0.05, 0) is 43.2 Å². The van der Waals surface area contributed by atoms with Gasteiger partial charge in [0, 0.05) is 51.3 Å². The zero-order chi connectivity index (χ0) is 28.8. The highest BCUT2D eigenvalue weighted by molar-refractivity contribution is 5.94. The summed E-state index contributed by atoms with van der Waals surface area (Å²) < 4.78 is 37.5. The Morgan fingerprint density at radius 2 is 1.62 bits per heavy atom. The molecule has 0 aliphatic carbocycles. The largest absolute Gasteiger partial charge is 0.494 e. The highest BCUT2D eigenvalue weighted by atomic mass is 19.4. The Labute approximate surface area is 226 Å². The molecule has 0 spiro atoms. The van der Waals surface area contributed by atoms with Crippen LogP contribution in [0.2, 0.25) is 0 Å². The van der Waals surface area contributed by atoms with Crippen molar-refractivity contribution < 1.29 is 37.4 Å². The number of amides is 2. The monoisotopic (exact) mass is 551 g/mol. The fourth-order valence-corrected chi connectivity index (χ4v) is 3.68. The molecule has 1 aliphatic rings. The molecule has 2 aromatic rings. The molecule has 0 atom stereocenters. The third kappa shape index (κ3) is 11.4. The van der Waals surface area contributed by atoms with Crippen LogP contribution in [0.15, 0.2) is 48.5 Å². The Balaban J connectivity index is 0.000000673. The van der Waals surface area contributed by atoms with Crippen LogP contribution in [0.25, 0.3) is 0 Å². The first kappa shape index (κ1) is 31.6. The molecule has 0 aromatic heterocycles. The molecule has 3 rings (SSSR count). The van der Waals surface area contributed by atoms with Crippen molar-refractivity contribution in [2.24, 2.45) is 0 Å². The number of alkyl halides is 3. The first-order chi connectivity index (χ1) is 18.5. The third-order valence-corrected chi connectivity index (χ3v) is 5.96. The van der Waals surface area contributed by atoms with Gasteiger partial charge in [0.25, 0.3) is 5.91 Å². The maximum atomic E-state index is 13.3. The summed E-state index contributed by atoms with van der Waals surface area (Å²) in [6.45, 7) is 8.82. The number of carbonyl (C=O) groups is 3. The van der Waals surface area contributed by atoms with Crippen LogP contribution >= 0.6 is 0 Å². The third-order valence-electron chi connectivity index (χ3n) is 5.96. The second kappa shape index (κ2) is 15.7. The van der Waals surface area contributed by atoms with Crippen LogP contribution in [-0.2, 0) is 16.1 Å². The van der Waals surface area contributed by atoms with E-state index < -0.39 is 12.1 Å². The second-order valence-corrected chi connectivity index (χ2v) is 9.12. The van der Waals surface area contributed by atoms with E-state index in [0.29, 0.717) is 31.7 Å². The van der Waals surface area contributed by atoms with E-state index >= 15 is 0 Å². The first-order valence-corrected chi connectivity index (χ1v) is 12.9. The number of nitrogens with one attached hydrogen (secondary N) is 1. The molecule has 39 heavy (non-hydrogen) atoms. The van der Waals surface area contributed by atoms with Gasteiger partial charge >= 0.3 is 12.1 Å². The molecular weight excluding hydrogens is 515 g/mol. The van der Waals surface area contributed by atoms with Crippen molar-refractivity contribution in [3.05, 3.63) is 65.2 Å². The van der Waals surface area contributed by atoms with Gasteiger partial charge in [-0.1, -0.05) is 43.2 Å². The fraction of sp³-hybridized carbons (Fsp3) is 0.464. The lowest BCUT2D eigenvalue weighted by Crippen LogP contribution is -2.47. The van der Waals surface area contributed by atoms with Crippen LogP contribution in [0.4, 0.5) is 13.2 Å². The highest BCUT2D eigenvalue weighted by Gasteiger charge is 2.38. The van der Waals surface area contributed by atoms with E-state index in [-0.39, 0.29) is 11.8 Å². The summed E-state index contributed by atoms with van der Waals surface area (Å²) in [5.74, 6) is -1.95. The van der Waals surface area contributed by atoms with E-state index in [1.54, 1.807) is 4.90 Å². The van der Waals surface area contributed by atoms with Gasteiger partial charge in [-0.3, -0.25) is 9.59 Å². The number of ether oxygens (including phenoxy) is 1. The zero-order valence-corrected chi connectivity index (χ0v) is 22.3. The minimum Gasteiger partial charge on any atom is -0.494 e. The van der Waals surface area contributed by atoms with Crippen molar-refractivity contribution in [1.82, 2.24) is 15.1 Å². The summed E-state index contributed by atoms with van der Waals surface area (Å²) in [5, 5.41) is 10.4. The minimum atomic E-state index is -5.08. The Morgan fingerprint density at radius 1 is 1.03 bits per heavy atom. The molecule has 1 heterocycles. The molecule has 1 saturated heterocycles. The average Bonchev–Trinajstić information content (AvgIpc) is 2.92. The fourth-order valence-electron chi connectivity index (χ4n) is 3.68. The van der Waals surface area contributed by atoms with Gasteiger partial charge in [-0.15, -0.1) is 0 Å². The van der Waals surface area contributed by atoms with Crippen LogP contribution in [0.3, 0.4) is 0 Å². The number of aryl methyl sites for hydroxylation is 1. The van der Waals surface area contributed by atoms with Gasteiger partial charge in [0.15, 0.2) is 0 Å². The molecule has 11 heteroatoms. The number of benzene rings is 2. The van der Waals surface area contributed by atoms with Gasteiger partial charge < -0.3 is 25.0 Å². The van der Waals surface area contributed by atoms with Crippen molar-refractivity contribution in [2.75, 3.05) is 39.3 Å². The lowest BCUT2D eigenvalue weighted by atomic mass is 10.1. The SMILES string of the molecule is CCCCOc1ccc(C(=O)N(CCC(=O)N2CCNCC2)Cc2ccc(C)cc2)cc1.O=C(O)C(F)(F)F. The summed E-state index contributed by atoms with van der Waals surface area (Å²) in [5.41, 5.74) is 2.84. The van der Waals surface area contributed by atoms with Crippen molar-refractivity contribution in [1.29, 1.82) is 0 Å². The molecule has 1 aliphatic heterocycles. The standard InChI is InChI=1S/C26H35N3O3.C2HF3O2/c1-3-4-19-32-24-11-9-23(10-12-24)26(31)29(20-22-7-5-21(2)6-8-22)16-13-25(30)28-17-14-27-15-18-28;3-2(4,5)1(6)7/h5-12,27H,3-4,13-20H2,1-2H3;(H,6,7). The molecular formula is C28H36F3N3O5. The number of rotatable bonds is 10. The van der Waals surface area contributed by atoms with Crippen molar-refractivity contribution >= 4 is 17.8 Å². The number of carbonyl (C=O) groups excluding carboxylic acids is 2. The molecule has 214 valence electrons. The number of aliphatic carboxylic acids is 1. The van der Waals surface area contributed by atoms with Crippen LogP contribution < -0.4 is 10.1 Å². The van der Waals surface area contributed by atoms with Gasteiger partial charge in [0.1, 0.15) is 5.75 Å². The molecule has 8 nitrogen and oxygen atoms in total. The summed E-state index contributed by atoms with van der Waals surface area (Å²) >= 11 is 0. The molecule has 2 N–H and O–H groups in total. The normalized spacial score (nSPS) is 13.2. The number of carboxylic acids is 1. The van der Waals surface area contributed by atoms with Gasteiger partial charge in [-0.25, -0.2) is 4.79 Å². The Hall–Kier alpha value is -3.60. The number of piperazine rings is 1.